The van der Waals surface area contributed by atoms with E-state index in [2.05, 4.69) is 27.8 Å². The summed E-state index contributed by atoms with van der Waals surface area (Å²) in [7, 11) is 0. The van der Waals surface area contributed by atoms with Crippen LogP contribution in [0.1, 0.15) is 49.3 Å². The van der Waals surface area contributed by atoms with Gasteiger partial charge in [-0.15, -0.1) is 10.2 Å². The standard InChI is InChI=1S/C12H20N4OS/c1-3-13-12-16-15-11(18-12)10(17)14-8(2)9-6-4-5-7-9/h8-9H,3-7H2,1-2H3,(H,13,16)(H,14,17). The van der Waals surface area contributed by atoms with Crippen LogP contribution in [0.15, 0.2) is 0 Å². The molecule has 1 fully saturated rings. The van der Waals surface area contributed by atoms with E-state index in [0.29, 0.717) is 16.1 Å². The summed E-state index contributed by atoms with van der Waals surface area (Å²) >= 11 is 1.30. The topological polar surface area (TPSA) is 66.9 Å². The summed E-state index contributed by atoms with van der Waals surface area (Å²) in [5.41, 5.74) is 0. The first kappa shape index (κ1) is 13.3. The fraction of sp³-hybridized carbons (Fsp3) is 0.750. The molecule has 2 rings (SSSR count). The lowest BCUT2D eigenvalue weighted by atomic mass is 10.00. The van der Waals surface area contributed by atoms with Crippen molar-refractivity contribution < 1.29 is 4.79 Å². The Kier molecular flexibility index (Phi) is 4.52. The number of hydrogen-bond donors (Lipinski definition) is 2. The van der Waals surface area contributed by atoms with Gasteiger partial charge in [0.1, 0.15) is 0 Å². The minimum absolute atomic E-state index is 0.101. The third-order valence-electron chi connectivity index (χ3n) is 3.41. The van der Waals surface area contributed by atoms with Crippen molar-refractivity contribution in [3.8, 4) is 0 Å². The Morgan fingerprint density at radius 1 is 1.44 bits per heavy atom. The van der Waals surface area contributed by atoms with Gasteiger partial charge in [0.25, 0.3) is 5.91 Å². The third-order valence-corrected chi connectivity index (χ3v) is 4.29. The molecule has 0 spiro atoms. The fourth-order valence-electron chi connectivity index (χ4n) is 2.38. The molecular weight excluding hydrogens is 248 g/mol. The van der Waals surface area contributed by atoms with Gasteiger partial charge in [-0.25, -0.2) is 0 Å². The summed E-state index contributed by atoms with van der Waals surface area (Å²) in [6.45, 7) is 4.86. The molecule has 6 heteroatoms. The molecule has 0 saturated heterocycles. The molecule has 18 heavy (non-hydrogen) atoms. The van der Waals surface area contributed by atoms with Crippen LogP contribution in [0.4, 0.5) is 5.13 Å². The Bertz CT molecular complexity index is 401. The first-order valence-electron chi connectivity index (χ1n) is 6.59. The normalized spacial score (nSPS) is 17.7. The molecule has 1 atom stereocenters. The second kappa shape index (κ2) is 6.13. The average molecular weight is 268 g/mol. The van der Waals surface area contributed by atoms with Crippen LogP contribution < -0.4 is 10.6 Å². The second-order valence-corrected chi connectivity index (χ2v) is 5.73. The molecule has 100 valence electrons. The molecule has 1 unspecified atom stereocenters. The lowest BCUT2D eigenvalue weighted by Crippen LogP contribution is -2.37. The number of amides is 1. The van der Waals surface area contributed by atoms with E-state index < -0.39 is 0 Å². The molecule has 0 aliphatic heterocycles. The maximum absolute atomic E-state index is 12.0. The highest BCUT2D eigenvalue weighted by atomic mass is 32.1. The van der Waals surface area contributed by atoms with Crippen LogP contribution >= 0.6 is 11.3 Å². The first-order valence-corrected chi connectivity index (χ1v) is 7.40. The van der Waals surface area contributed by atoms with E-state index in [4.69, 9.17) is 0 Å². The van der Waals surface area contributed by atoms with E-state index in [1.165, 1.54) is 37.0 Å². The number of anilines is 1. The summed E-state index contributed by atoms with van der Waals surface area (Å²) in [5, 5.41) is 15.1. The molecule has 1 amide bonds. The first-order chi connectivity index (χ1) is 8.70. The molecule has 1 saturated carbocycles. The molecule has 1 aliphatic rings. The van der Waals surface area contributed by atoms with Crippen molar-refractivity contribution >= 4 is 22.4 Å². The minimum atomic E-state index is -0.101. The van der Waals surface area contributed by atoms with Gasteiger partial charge in [0.2, 0.25) is 10.1 Å². The molecule has 1 aromatic heterocycles. The van der Waals surface area contributed by atoms with Crippen molar-refractivity contribution in [2.75, 3.05) is 11.9 Å². The number of hydrogen-bond acceptors (Lipinski definition) is 5. The van der Waals surface area contributed by atoms with Crippen molar-refractivity contribution in [3.63, 3.8) is 0 Å². The molecule has 0 radical (unpaired) electrons. The van der Waals surface area contributed by atoms with Crippen molar-refractivity contribution in [2.45, 2.75) is 45.6 Å². The molecule has 1 aromatic rings. The quantitative estimate of drug-likeness (QED) is 0.859. The Hall–Kier alpha value is -1.17. The zero-order valence-corrected chi connectivity index (χ0v) is 11.7. The van der Waals surface area contributed by atoms with Gasteiger partial charge in [0.15, 0.2) is 0 Å². The molecule has 5 nitrogen and oxygen atoms in total. The molecular formula is C12H20N4OS. The van der Waals surface area contributed by atoms with Gasteiger partial charge in [-0.2, -0.15) is 0 Å². The Morgan fingerprint density at radius 3 is 2.83 bits per heavy atom. The van der Waals surface area contributed by atoms with Gasteiger partial charge in [0.05, 0.1) is 0 Å². The lowest BCUT2D eigenvalue weighted by molar-refractivity contribution is 0.0926. The van der Waals surface area contributed by atoms with E-state index in [0.717, 1.165) is 6.54 Å². The number of carbonyl (C=O) groups is 1. The van der Waals surface area contributed by atoms with E-state index >= 15 is 0 Å². The van der Waals surface area contributed by atoms with E-state index in [1.807, 2.05) is 6.92 Å². The van der Waals surface area contributed by atoms with Crippen LogP contribution in [-0.2, 0) is 0 Å². The molecule has 1 heterocycles. The molecule has 0 aromatic carbocycles. The largest absolute Gasteiger partial charge is 0.360 e. The SMILES string of the molecule is CCNc1nnc(C(=O)NC(C)C2CCCC2)s1. The summed E-state index contributed by atoms with van der Waals surface area (Å²) in [6.07, 6.45) is 5.02. The van der Waals surface area contributed by atoms with Crippen LogP contribution in [0, 0.1) is 5.92 Å². The number of nitrogens with one attached hydrogen (secondary N) is 2. The monoisotopic (exact) mass is 268 g/mol. The summed E-state index contributed by atoms with van der Waals surface area (Å²) in [5.74, 6) is 0.520. The van der Waals surface area contributed by atoms with Crippen LogP contribution in [0.2, 0.25) is 0 Å². The average Bonchev–Trinajstić information content (AvgIpc) is 3.00. The van der Waals surface area contributed by atoms with Gasteiger partial charge >= 0.3 is 0 Å². The van der Waals surface area contributed by atoms with Gasteiger partial charge < -0.3 is 10.6 Å². The molecule has 1 aliphatic carbocycles. The third kappa shape index (κ3) is 3.19. The summed E-state index contributed by atoms with van der Waals surface area (Å²) < 4.78 is 0. The zero-order chi connectivity index (χ0) is 13.0. The van der Waals surface area contributed by atoms with E-state index in [1.54, 1.807) is 0 Å². The Labute approximate surface area is 111 Å². The van der Waals surface area contributed by atoms with E-state index in [-0.39, 0.29) is 11.9 Å². The number of aromatic nitrogens is 2. The van der Waals surface area contributed by atoms with Crippen molar-refractivity contribution in [1.29, 1.82) is 0 Å². The number of rotatable bonds is 5. The van der Waals surface area contributed by atoms with Crippen LogP contribution in [0.3, 0.4) is 0 Å². The Morgan fingerprint density at radius 2 is 2.17 bits per heavy atom. The highest BCUT2D eigenvalue weighted by molar-refractivity contribution is 7.17. The van der Waals surface area contributed by atoms with Gasteiger partial charge in [-0.1, -0.05) is 24.2 Å². The summed E-state index contributed by atoms with van der Waals surface area (Å²) in [4.78, 5) is 12.0. The van der Waals surface area contributed by atoms with Gasteiger partial charge in [0, 0.05) is 12.6 Å². The highest BCUT2D eigenvalue weighted by Crippen LogP contribution is 2.27. The van der Waals surface area contributed by atoms with Crippen molar-refractivity contribution in [3.05, 3.63) is 5.01 Å². The fourth-order valence-corrected chi connectivity index (χ4v) is 3.10. The van der Waals surface area contributed by atoms with Crippen LogP contribution in [0.5, 0.6) is 0 Å². The van der Waals surface area contributed by atoms with Gasteiger partial charge in [-0.3, -0.25) is 4.79 Å². The van der Waals surface area contributed by atoms with Crippen molar-refractivity contribution in [2.24, 2.45) is 5.92 Å². The van der Waals surface area contributed by atoms with E-state index in [9.17, 15) is 4.79 Å². The number of carbonyl (C=O) groups excluding carboxylic acids is 1. The highest BCUT2D eigenvalue weighted by Gasteiger charge is 2.24. The predicted molar refractivity (Wildman–Crippen MR) is 73.0 cm³/mol. The predicted octanol–water partition coefficient (Wildman–Crippen LogP) is 2.28. The maximum atomic E-state index is 12.0. The zero-order valence-electron chi connectivity index (χ0n) is 10.9. The van der Waals surface area contributed by atoms with Gasteiger partial charge in [-0.05, 0) is 32.6 Å². The van der Waals surface area contributed by atoms with Crippen molar-refractivity contribution in [1.82, 2.24) is 15.5 Å². The molecule has 0 bridgehead atoms. The van der Waals surface area contributed by atoms with Crippen LogP contribution in [-0.4, -0.2) is 28.7 Å². The minimum Gasteiger partial charge on any atom is -0.360 e. The van der Waals surface area contributed by atoms with Crippen LogP contribution in [0.25, 0.3) is 0 Å². The summed E-state index contributed by atoms with van der Waals surface area (Å²) in [6, 6.07) is 0.228. The maximum Gasteiger partial charge on any atom is 0.282 e. The smallest absolute Gasteiger partial charge is 0.282 e. The molecule has 2 N–H and O–H groups in total. The Balaban J connectivity index is 1.89. The lowest BCUT2D eigenvalue weighted by Gasteiger charge is -2.19. The number of nitrogens with zero attached hydrogens (tertiary/aromatic N) is 2. The second-order valence-electron chi connectivity index (χ2n) is 4.75.